The molecule has 7 nitrogen and oxygen atoms in total. The van der Waals surface area contributed by atoms with Gasteiger partial charge in [-0.05, 0) is 62.0 Å². The smallest absolute Gasteiger partial charge is 0.329 e. The third kappa shape index (κ3) is 5.37. The summed E-state index contributed by atoms with van der Waals surface area (Å²) in [6.07, 6.45) is 2.53. The number of benzene rings is 1. The number of nitrogens with one attached hydrogen (secondary N) is 3. The maximum absolute atomic E-state index is 12.5. The van der Waals surface area contributed by atoms with Gasteiger partial charge in [-0.15, -0.1) is 12.4 Å². The quantitative estimate of drug-likeness (QED) is 0.606. The summed E-state index contributed by atoms with van der Waals surface area (Å²) < 4.78 is 0. The molecule has 28 heavy (non-hydrogen) atoms. The van der Waals surface area contributed by atoms with Crippen molar-refractivity contribution < 1.29 is 14.4 Å². The molecule has 0 spiro atoms. The van der Waals surface area contributed by atoms with Crippen molar-refractivity contribution in [1.82, 2.24) is 16.0 Å². The number of urea groups is 1. The highest BCUT2D eigenvalue weighted by Gasteiger charge is 2.39. The Kier molecular flexibility index (Phi) is 7.69. The maximum atomic E-state index is 12.5. The van der Waals surface area contributed by atoms with Crippen molar-refractivity contribution in [2.75, 3.05) is 24.5 Å². The summed E-state index contributed by atoms with van der Waals surface area (Å²) in [5.74, 6) is -0.442. The third-order valence-electron chi connectivity index (χ3n) is 5.29. The molecule has 9 heteroatoms. The average molecular weight is 429 g/mol. The van der Waals surface area contributed by atoms with Gasteiger partial charge in [0.1, 0.15) is 6.04 Å². The van der Waals surface area contributed by atoms with Crippen molar-refractivity contribution in [3.05, 3.63) is 29.3 Å². The molecule has 2 fully saturated rings. The van der Waals surface area contributed by atoms with Gasteiger partial charge in [0.05, 0.1) is 5.69 Å². The van der Waals surface area contributed by atoms with Crippen molar-refractivity contribution in [2.45, 2.75) is 38.6 Å². The molecule has 3 N–H and O–H groups in total. The Labute approximate surface area is 176 Å². The number of nitrogens with zero attached hydrogens (tertiary/aromatic N) is 1. The van der Waals surface area contributed by atoms with Gasteiger partial charge in [0.15, 0.2) is 0 Å². The van der Waals surface area contributed by atoms with Crippen LogP contribution in [0.5, 0.6) is 0 Å². The summed E-state index contributed by atoms with van der Waals surface area (Å²) in [6, 6.07) is 5.32. The van der Waals surface area contributed by atoms with Crippen molar-refractivity contribution in [2.24, 2.45) is 5.41 Å². The number of carbonyl (C=O) groups is 3. The van der Waals surface area contributed by atoms with Crippen LogP contribution in [-0.2, 0) is 9.59 Å². The number of amides is 4. The van der Waals surface area contributed by atoms with Gasteiger partial charge in [-0.1, -0.05) is 18.5 Å². The number of halogens is 2. The summed E-state index contributed by atoms with van der Waals surface area (Å²) in [7, 11) is 0. The first-order valence-electron chi connectivity index (χ1n) is 9.25. The van der Waals surface area contributed by atoms with Crippen molar-refractivity contribution in [3.8, 4) is 0 Å². The molecule has 1 atom stereocenters. The molecule has 0 bridgehead atoms. The largest absolute Gasteiger partial charge is 0.356 e. The lowest BCUT2D eigenvalue weighted by atomic mass is 9.81. The highest BCUT2D eigenvalue weighted by Crippen LogP contribution is 2.27. The molecule has 2 aliphatic rings. The lowest BCUT2D eigenvalue weighted by molar-refractivity contribution is -0.122. The van der Waals surface area contributed by atoms with Crippen LogP contribution in [0.4, 0.5) is 10.5 Å². The van der Waals surface area contributed by atoms with Crippen LogP contribution in [-0.4, -0.2) is 43.5 Å². The van der Waals surface area contributed by atoms with Gasteiger partial charge in [-0.25, -0.2) is 9.69 Å². The van der Waals surface area contributed by atoms with Gasteiger partial charge in [-0.3, -0.25) is 9.59 Å². The minimum Gasteiger partial charge on any atom is -0.356 e. The van der Waals surface area contributed by atoms with Crippen LogP contribution < -0.4 is 20.9 Å². The minimum absolute atomic E-state index is 0. The molecule has 154 valence electrons. The second-order valence-electron chi connectivity index (χ2n) is 7.53. The van der Waals surface area contributed by atoms with E-state index < -0.39 is 12.1 Å². The average Bonchev–Trinajstić information content (AvgIpc) is 2.93. The van der Waals surface area contributed by atoms with Gasteiger partial charge in [0, 0.05) is 18.0 Å². The SMILES string of the molecule is CC1(CNC(=O)CCC2NC(=O)N(c3ccc(Cl)cc3)C2=O)CCNCC1.Cl. The first-order chi connectivity index (χ1) is 12.9. The van der Waals surface area contributed by atoms with E-state index in [0.717, 1.165) is 30.8 Å². The minimum atomic E-state index is -0.687. The fourth-order valence-electron chi connectivity index (χ4n) is 3.44. The summed E-state index contributed by atoms with van der Waals surface area (Å²) in [5.41, 5.74) is 0.580. The first kappa shape index (κ1) is 22.5. The number of carbonyl (C=O) groups excluding carboxylic acids is 3. The van der Waals surface area contributed by atoms with E-state index in [1.807, 2.05) is 0 Å². The molecule has 1 unspecified atom stereocenters. The second-order valence-corrected chi connectivity index (χ2v) is 7.96. The standard InChI is InChI=1S/C19H25ClN4O3.ClH/c1-19(8-10-21-11-9-19)12-22-16(25)7-6-15-17(26)24(18(27)23-15)14-4-2-13(20)3-5-14;/h2-5,15,21H,6-12H2,1H3,(H,22,25)(H,23,27);1H. The first-order valence-corrected chi connectivity index (χ1v) is 9.63. The van der Waals surface area contributed by atoms with Crippen molar-refractivity contribution >= 4 is 47.5 Å². The molecular weight excluding hydrogens is 403 g/mol. The molecule has 1 aromatic rings. The van der Waals surface area contributed by atoms with Gasteiger partial charge < -0.3 is 16.0 Å². The predicted molar refractivity (Wildman–Crippen MR) is 111 cm³/mol. The van der Waals surface area contributed by atoms with E-state index in [2.05, 4.69) is 22.9 Å². The van der Waals surface area contributed by atoms with Gasteiger partial charge >= 0.3 is 6.03 Å². The van der Waals surface area contributed by atoms with Crippen LogP contribution in [0.3, 0.4) is 0 Å². The maximum Gasteiger partial charge on any atom is 0.329 e. The molecule has 3 rings (SSSR count). The zero-order chi connectivity index (χ0) is 19.4. The van der Waals surface area contributed by atoms with Gasteiger partial charge in [0.2, 0.25) is 5.91 Å². The molecule has 4 amide bonds. The third-order valence-corrected chi connectivity index (χ3v) is 5.54. The van der Waals surface area contributed by atoms with E-state index in [1.165, 1.54) is 0 Å². The van der Waals surface area contributed by atoms with Crippen LogP contribution in [0, 0.1) is 5.41 Å². The molecule has 2 heterocycles. The van der Waals surface area contributed by atoms with E-state index in [-0.39, 0.29) is 42.5 Å². The van der Waals surface area contributed by atoms with Gasteiger partial charge in [0.25, 0.3) is 5.91 Å². The number of piperidine rings is 1. The molecule has 2 aliphatic heterocycles. The van der Waals surface area contributed by atoms with E-state index in [1.54, 1.807) is 24.3 Å². The van der Waals surface area contributed by atoms with Crippen LogP contribution >= 0.6 is 24.0 Å². The van der Waals surface area contributed by atoms with Gasteiger partial charge in [-0.2, -0.15) is 0 Å². The molecule has 0 aromatic heterocycles. The molecule has 2 saturated heterocycles. The Bertz CT molecular complexity index is 720. The van der Waals surface area contributed by atoms with Crippen molar-refractivity contribution in [1.29, 1.82) is 0 Å². The summed E-state index contributed by atoms with van der Waals surface area (Å²) >= 11 is 5.85. The Morgan fingerprint density at radius 3 is 2.54 bits per heavy atom. The van der Waals surface area contributed by atoms with Crippen LogP contribution in [0.1, 0.15) is 32.6 Å². The van der Waals surface area contributed by atoms with E-state index in [9.17, 15) is 14.4 Å². The Morgan fingerprint density at radius 2 is 1.89 bits per heavy atom. The molecular formula is C19H26Cl2N4O3. The van der Waals surface area contributed by atoms with Crippen LogP contribution in [0.25, 0.3) is 0 Å². The highest BCUT2D eigenvalue weighted by atomic mass is 35.5. The lowest BCUT2D eigenvalue weighted by Crippen LogP contribution is -2.43. The highest BCUT2D eigenvalue weighted by molar-refractivity contribution is 6.30. The lowest BCUT2D eigenvalue weighted by Gasteiger charge is -2.34. The van der Waals surface area contributed by atoms with E-state index >= 15 is 0 Å². The van der Waals surface area contributed by atoms with Crippen LogP contribution in [0.15, 0.2) is 24.3 Å². The second kappa shape index (κ2) is 9.58. The fourth-order valence-corrected chi connectivity index (χ4v) is 3.57. The Morgan fingerprint density at radius 1 is 1.25 bits per heavy atom. The Hall–Kier alpha value is -1.83. The van der Waals surface area contributed by atoms with E-state index in [4.69, 9.17) is 11.6 Å². The number of rotatable bonds is 6. The van der Waals surface area contributed by atoms with Crippen LogP contribution in [0.2, 0.25) is 5.02 Å². The number of anilines is 1. The molecule has 1 aromatic carbocycles. The number of hydrogen-bond donors (Lipinski definition) is 3. The zero-order valence-electron chi connectivity index (χ0n) is 15.8. The Balaban J connectivity index is 0.00000280. The fraction of sp³-hybridized carbons (Fsp3) is 0.526. The summed E-state index contributed by atoms with van der Waals surface area (Å²) in [5, 5.41) is 9.47. The normalized spacial score (nSPS) is 21.1. The van der Waals surface area contributed by atoms with Crippen molar-refractivity contribution in [3.63, 3.8) is 0 Å². The number of imide groups is 1. The topological polar surface area (TPSA) is 90.5 Å². The molecule has 0 radical (unpaired) electrons. The van der Waals surface area contributed by atoms with E-state index in [0.29, 0.717) is 17.3 Å². The molecule has 0 saturated carbocycles. The predicted octanol–water partition coefficient (Wildman–Crippen LogP) is 2.47. The molecule has 0 aliphatic carbocycles. The zero-order valence-corrected chi connectivity index (χ0v) is 17.4. The summed E-state index contributed by atoms with van der Waals surface area (Å²) in [6.45, 7) is 4.75. The monoisotopic (exact) mass is 428 g/mol. The number of hydrogen-bond acceptors (Lipinski definition) is 4. The summed E-state index contributed by atoms with van der Waals surface area (Å²) in [4.78, 5) is 38.0.